The molecule has 0 amide bonds. The molecule has 0 aliphatic heterocycles. The zero-order valence-electron chi connectivity index (χ0n) is 11.5. The van der Waals surface area contributed by atoms with Crippen molar-refractivity contribution >= 4 is 0 Å². The Balaban J connectivity index is 0. The van der Waals surface area contributed by atoms with Gasteiger partial charge in [0.15, 0.2) is 0 Å². The first kappa shape index (κ1) is 17.9. The van der Waals surface area contributed by atoms with Crippen LogP contribution in [-0.2, 0) is 0 Å². The summed E-state index contributed by atoms with van der Waals surface area (Å²) >= 11 is 0. The van der Waals surface area contributed by atoms with Gasteiger partial charge in [-0.25, -0.2) is 0 Å². The normalized spacial score (nSPS) is 14.1. The molecule has 0 heterocycles. The van der Waals surface area contributed by atoms with E-state index in [1.165, 1.54) is 11.1 Å². The molecule has 0 spiro atoms. The highest BCUT2D eigenvalue weighted by atomic mass is 14.6. The Morgan fingerprint density at radius 1 is 1.29 bits per heavy atom. The molecule has 94 valence electrons. The minimum absolute atomic E-state index is 0.151. The average molecular weight is 231 g/mol. The molecule has 0 saturated heterocycles. The Bertz CT molecular complexity index is 327. The maximum atomic E-state index is 5.88. The van der Waals surface area contributed by atoms with Gasteiger partial charge in [0.05, 0.1) is 0 Å². The van der Waals surface area contributed by atoms with Gasteiger partial charge >= 0.3 is 0 Å². The lowest BCUT2D eigenvalue weighted by Crippen LogP contribution is -2.15. The summed E-state index contributed by atoms with van der Waals surface area (Å²) < 4.78 is 0. The van der Waals surface area contributed by atoms with Gasteiger partial charge in [0.2, 0.25) is 0 Å². The van der Waals surface area contributed by atoms with E-state index in [1.807, 2.05) is 19.9 Å². The van der Waals surface area contributed by atoms with E-state index in [0.717, 1.165) is 12.0 Å². The van der Waals surface area contributed by atoms with Crippen molar-refractivity contribution in [2.75, 3.05) is 0 Å². The lowest BCUT2D eigenvalue weighted by molar-refractivity contribution is 0.777. The minimum atomic E-state index is 0.151. The molecule has 0 aromatic rings. The minimum Gasteiger partial charge on any atom is -0.324 e. The van der Waals surface area contributed by atoms with Crippen LogP contribution < -0.4 is 5.73 Å². The average Bonchev–Trinajstić information content (AvgIpc) is 2.31. The third-order valence-corrected chi connectivity index (χ3v) is 2.25. The molecular formula is C16H25N. The second-order valence-corrected chi connectivity index (χ2v) is 3.85. The van der Waals surface area contributed by atoms with Crippen molar-refractivity contribution in [1.82, 2.24) is 0 Å². The molecule has 1 atom stereocenters. The Labute approximate surface area is 107 Å². The van der Waals surface area contributed by atoms with Crippen LogP contribution >= 0.6 is 0 Å². The van der Waals surface area contributed by atoms with Gasteiger partial charge in [-0.15, -0.1) is 12.8 Å². The second-order valence-electron chi connectivity index (χ2n) is 3.85. The molecule has 1 heteroatoms. The molecule has 0 aromatic carbocycles. The van der Waals surface area contributed by atoms with Crippen LogP contribution in [0.25, 0.3) is 0 Å². The van der Waals surface area contributed by atoms with Gasteiger partial charge < -0.3 is 5.73 Å². The Kier molecular flexibility index (Phi) is 11.5. The predicted octanol–water partition coefficient (Wildman–Crippen LogP) is 4.00. The molecule has 2 N–H and O–H groups in total. The van der Waals surface area contributed by atoms with Crippen molar-refractivity contribution < 1.29 is 0 Å². The zero-order chi connectivity index (χ0) is 13.8. The summed E-state index contributed by atoms with van der Waals surface area (Å²) in [5.41, 5.74) is 9.37. The van der Waals surface area contributed by atoms with Crippen LogP contribution in [-0.4, -0.2) is 6.04 Å². The van der Waals surface area contributed by atoms with E-state index in [4.69, 9.17) is 5.73 Å². The highest BCUT2D eigenvalue weighted by molar-refractivity contribution is 5.40. The fourth-order valence-corrected chi connectivity index (χ4v) is 1.22. The largest absolute Gasteiger partial charge is 0.324 e. The maximum Gasteiger partial charge on any atom is 0.0226 e. The van der Waals surface area contributed by atoms with Crippen molar-refractivity contribution in [2.24, 2.45) is 5.73 Å². The predicted molar refractivity (Wildman–Crippen MR) is 79.6 cm³/mol. The van der Waals surface area contributed by atoms with Gasteiger partial charge in [-0.3, -0.25) is 0 Å². The summed E-state index contributed by atoms with van der Waals surface area (Å²) in [5, 5.41) is 0. The monoisotopic (exact) mass is 231 g/mol. The number of rotatable bonds is 5. The second kappa shape index (κ2) is 11.0. The fourth-order valence-electron chi connectivity index (χ4n) is 1.22. The van der Waals surface area contributed by atoms with Crippen LogP contribution in [0.5, 0.6) is 0 Å². The van der Waals surface area contributed by atoms with Crippen molar-refractivity contribution in [3.8, 4) is 12.8 Å². The number of hydrogen-bond acceptors (Lipinski definition) is 1. The number of terminal acetylenes is 1. The molecule has 17 heavy (non-hydrogen) atoms. The van der Waals surface area contributed by atoms with Gasteiger partial charge in [0, 0.05) is 6.04 Å². The Morgan fingerprint density at radius 3 is 2.18 bits per heavy atom. The maximum absolute atomic E-state index is 5.88. The molecule has 0 bridgehead atoms. The van der Waals surface area contributed by atoms with E-state index in [2.05, 4.69) is 51.5 Å². The molecule has 0 aliphatic carbocycles. The lowest BCUT2D eigenvalue weighted by Gasteiger charge is -2.06. The van der Waals surface area contributed by atoms with Crippen LogP contribution in [0.2, 0.25) is 0 Å². The summed E-state index contributed by atoms with van der Waals surface area (Å²) in [6.45, 7) is 12.0. The fraction of sp³-hybridized carbons (Fsp3) is 0.375. The van der Waals surface area contributed by atoms with Gasteiger partial charge in [-0.2, -0.15) is 0 Å². The van der Waals surface area contributed by atoms with Crippen molar-refractivity contribution in [1.29, 1.82) is 0 Å². The quantitative estimate of drug-likeness (QED) is 0.562. The summed E-state index contributed by atoms with van der Waals surface area (Å²) in [4.78, 5) is 0. The summed E-state index contributed by atoms with van der Waals surface area (Å²) in [6.07, 6.45) is 17.3. The summed E-state index contributed by atoms with van der Waals surface area (Å²) in [5.74, 6) is 0. The lowest BCUT2D eigenvalue weighted by atomic mass is 10.0. The molecule has 0 rings (SSSR count). The SMILES string of the molecule is C#C.C=C(C)\C=C/C(=C/C)C(/C)=C\C(N)CC. The molecule has 0 fully saturated rings. The van der Waals surface area contributed by atoms with Gasteiger partial charge in [0.25, 0.3) is 0 Å². The third kappa shape index (κ3) is 9.41. The van der Waals surface area contributed by atoms with Gasteiger partial charge in [0.1, 0.15) is 0 Å². The van der Waals surface area contributed by atoms with Crippen LogP contribution in [0.4, 0.5) is 0 Å². The van der Waals surface area contributed by atoms with Gasteiger partial charge in [-0.1, -0.05) is 43.4 Å². The van der Waals surface area contributed by atoms with Crippen LogP contribution in [0, 0.1) is 12.8 Å². The first-order valence-corrected chi connectivity index (χ1v) is 5.78. The molecular weight excluding hydrogens is 206 g/mol. The van der Waals surface area contributed by atoms with Crippen molar-refractivity contribution in [3.05, 3.63) is 47.6 Å². The summed E-state index contributed by atoms with van der Waals surface area (Å²) in [7, 11) is 0. The smallest absolute Gasteiger partial charge is 0.0226 e. The van der Waals surface area contributed by atoms with Crippen LogP contribution in [0.3, 0.4) is 0 Å². The van der Waals surface area contributed by atoms with Crippen LogP contribution in [0.15, 0.2) is 47.6 Å². The number of allylic oxidation sites excluding steroid dienone is 6. The molecule has 1 unspecified atom stereocenters. The first-order valence-electron chi connectivity index (χ1n) is 5.78. The highest BCUT2D eigenvalue weighted by Crippen LogP contribution is 2.13. The van der Waals surface area contributed by atoms with E-state index in [9.17, 15) is 0 Å². The van der Waals surface area contributed by atoms with Gasteiger partial charge in [-0.05, 0) is 38.3 Å². The molecule has 1 nitrogen and oxygen atoms in total. The van der Waals surface area contributed by atoms with E-state index in [0.29, 0.717) is 0 Å². The Hall–Kier alpha value is -1.52. The van der Waals surface area contributed by atoms with E-state index >= 15 is 0 Å². The zero-order valence-corrected chi connectivity index (χ0v) is 11.5. The molecule has 0 aromatic heterocycles. The Morgan fingerprint density at radius 2 is 1.82 bits per heavy atom. The van der Waals surface area contributed by atoms with Crippen molar-refractivity contribution in [3.63, 3.8) is 0 Å². The third-order valence-electron chi connectivity index (χ3n) is 2.25. The topological polar surface area (TPSA) is 26.0 Å². The number of hydrogen-bond donors (Lipinski definition) is 1. The van der Waals surface area contributed by atoms with E-state index < -0.39 is 0 Å². The standard InChI is InChI=1S/C14H23N.C2H2/c1-6-13(9-8-11(3)4)12(5)10-14(15)7-2;1-2/h6,8-10,14H,3,7,15H2,1-2,4-5H3;1-2H/b9-8-,12-10-,13-6-;. The molecule has 0 radical (unpaired) electrons. The van der Waals surface area contributed by atoms with Crippen molar-refractivity contribution in [2.45, 2.75) is 40.2 Å². The number of nitrogens with two attached hydrogens (primary N) is 1. The summed E-state index contributed by atoms with van der Waals surface area (Å²) in [6, 6.07) is 0.151. The molecule has 0 aliphatic rings. The van der Waals surface area contributed by atoms with E-state index in [-0.39, 0.29) is 6.04 Å². The first-order chi connectivity index (χ1) is 8.01. The van der Waals surface area contributed by atoms with E-state index in [1.54, 1.807) is 0 Å². The highest BCUT2D eigenvalue weighted by Gasteiger charge is 1.98. The van der Waals surface area contributed by atoms with Crippen LogP contribution in [0.1, 0.15) is 34.1 Å². The molecule has 0 saturated carbocycles.